The predicted molar refractivity (Wildman–Crippen MR) is 101 cm³/mol. The SMILES string of the molecule is COc1cc(F)c(F)c(N2CC[C@H](O[Si](C)(C)C(C)(C)C)[C@H](C)C2)c1. The molecule has 1 aromatic carbocycles. The number of anilines is 1. The Labute approximate surface area is 151 Å². The van der Waals surface area contributed by atoms with Crippen LogP contribution in [0, 0.1) is 17.6 Å². The summed E-state index contributed by atoms with van der Waals surface area (Å²) in [7, 11) is -0.386. The quantitative estimate of drug-likeness (QED) is 0.678. The third kappa shape index (κ3) is 4.34. The smallest absolute Gasteiger partial charge is 0.192 e. The van der Waals surface area contributed by atoms with E-state index in [9.17, 15) is 8.78 Å². The lowest BCUT2D eigenvalue weighted by atomic mass is 9.96. The van der Waals surface area contributed by atoms with Crippen molar-refractivity contribution in [3.8, 4) is 5.75 Å². The summed E-state index contributed by atoms with van der Waals surface area (Å²) in [4.78, 5) is 1.90. The average molecular weight is 372 g/mol. The maximum Gasteiger partial charge on any atom is 0.192 e. The number of nitrogens with zero attached hydrogens (tertiary/aromatic N) is 1. The molecule has 1 heterocycles. The van der Waals surface area contributed by atoms with Crippen molar-refractivity contribution < 1.29 is 17.9 Å². The van der Waals surface area contributed by atoms with Gasteiger partial charge >= 0.3 is 0 Å². The van der Waals surface area contributed by atoms with Gasteiger partial charge in [0.05, 0.1) is 18.9 Å². The lowest BCUT2D eigenvalue weighted by Gasteiger charge is -2.45. The predicted octanol–water partition coefficient (Wildman–Crippen LogP) is 5.21. The molecule has 0 unspecified atom stereocenters. The molecule has 25 heavy (non-hydrogen) atoms. The van der Waals surface area contributed by atoms with Gasteiger partial charge in [0.2, 0.25) is 0 Å². The first-order chi connectivity index (χ1) is 11.5. The van der Waals surface area contributed by atoms with E-state index in [1.54, 1.807) is 6.07 Å². The maximum absolute atomic E-state index is 14.3. The van der Waals surface area contributed by atoms with Crippen LogP contribution >= 0.6 is 0 Å². The molecule has 1 aliphatic heterocycles. The monoisotopic (exact) mass is 371 g/mol. The van der Waals surface area contributed by atoms with Gasteiger partial charge in [-0.3, -0.25) is 0 Å². The Kier molecular flexibility index (Phi) is 5.84. The van der Waals surface area contributed by atoms with E-state index in [2.05, 4.69) is 40.8 Å². The second kappa shape index (κ2) is 7.23. The van der Waals surface area contributed by atoms with Gasteiger partial charge in [-0.05, 0) is 30.5 Å². The number of ether oxygens (including phenoxy) is 1. The molecule has 0 aromatic heterocycles. The van der Waals surface area contributed by atoms with Crippen LogP contribution in [0.2, 0.25) is 18.1 Å². The molecule has 0 saturated carbocycles. The molecule has 6 heteroatoms. The second-order valence-corrected chi connectivity index (χ2v) is 13.3. The summed E-state index contributed by atoms with van der Waals surface area (Å²) in [6.07, 6.45) is 0.974. The Morgan fingerprint density at radius 1 is 1.20 bits per heavy atom. The first kappa shape index (κ1) is 20.2. The van der Waals surface area contributed by atoms with Gasteiger partial charge in [0, 0.05) is 25.2 Å². The molecule has 1 saturated heterocycles. The van der Waals surface area contributed by atoms with Crippen LogP contribution < -0.4 is 9.64 Å². The van der Waals surface area contributed by atoms with Gasteiger partial charge in [0.15, 0.2) is 20.0 Å². The third-order valence-corrected chi connectivity index (χ3v) is 10.1. The van der Waals surface area contributed by atoms with E-state index in [1.807, 2.05) is 4.90 Å². The number of hydrogen-bond acceptors (Lipinski definition) is 3. The molecule has 0 amide bonds. The fraction of sp³-hybridized carbons (Fsp3) is 0.684. The minimum absolute atomic E-state index is 0.159. The number of benzene rings is 1. The molecule has 1 fully saturated rings. The van der Waals surface area contributed by atoms with Gasteiger partial charge in [-0.15, -0.1) is 0 Å². The van der Waals surface area contributed by atoms with E-state index >= 15 is 0 Å². The van der Waals surface area contributed by atoms with Crippen molar-refractivity contribution in [1.29, 1.82) is 0 Å². The highest BCUT2D eigenvalue weighted by Gasteiger charge is 2.41. The summed E-state index contributed by atoms with van der Waals surface area (Å²) in [5, 5.41) is 0.159. The lowest BCUT2D eigenvalue weighted by Crippen LogP contribution is -2.50. The van der Waals surface area contributed by atoms with E-state index in [4.69, 9.17) is 9.16 Å². The first-order valence-corrected chi connectivity index (χ1v) is 11.8. The number of rotatable bonds is 4. The number of hydrogen-bond donors (Lipinski definition) is 0. The zero-order chi connectivity index (χ0) is 19.0. The van der Waals surface area contributed by atoms with E-state index < -0.39 is 20.0 Å². The van der Waals surface area contributed by atoms with Crippen LogP contribution in [0.3, 0.4) is 0 Å². The van der Waals surface area contributed by atoms with Crippen LogP contribution in [0.25, 0.3) is 0 Å². The van der Waals surface area contributed by atoms with E-state index in [0.717, 1.165) is 12.5 Å². The molecule has 3 nitrogen and oxygen atoms in total. The normalized spacial score (nSPS) is 22.2. The lowest BCUT2D eigenvalue weighted by molar-refractivity contribution is 0.106. The Hall–Kier alpha value is -1.14. The fourth-order valence-corrected chi connectivity index (χ4v) is 4.43. The summed E-state index contributed by atoms with van der Waals surface area (Å²) in [6.45, 7) is 14.6. The first-order valence-electron chi connectivity index (χ1n) is 8.92. The molecule has 0 bridgehead atoms. The summed E-state index contributed by atoms with van der Waals surface area (Å²) >= 11 is 0. The van der Waals surface area contributed by atoms with Crippen molar-refractivity contribution in [2.75, 3.05) is 25.1 Å². The molecule has 2 rings (SSSR count). The topological polar surface area (TPSA) is 21.7 Å². The average Bonchev–Trinajstić information content (AvgIpc) is 2.50. The fourth-order valence-electron chi connectivity index (χ4n) is 2.97. The Morgan fingerprint density at radius 2 is 1.84 bits per heavy atom. The van der Waals surface area contributed by atoms with Crippen molar-refractivity contribution in [2.24, 2.45) is 5.92 Å². The molecule has 2 atom stereocenters. The maximum atomic E-state index is 14.3. The summed E-state index contributed by atoms with van der Waals surface area (Å²) < 4.78 is 39.7. The number of piperidine rings is 1. The molecular weight excluding hydrogens is 340 g/mol. The van der Waals surface area contributed by atoms with Gasteiger partial charge in [-0.1, -0.05) is 27.7 Å². The van der Waals surface area contributed by atoms with Crippen LogP contribution in [-0.4, -0.2) is 34.6 Å². The van der Waals surface area contributed by atoms with Crippen LogP contribution in [-0.2, 0) is 4.43 Å². The summed E-state index contributed by atoms with van der Waals surface area (Å²) in [5.41, 5.74) is 0.273. The molecule has 0 N–H and O–H groups in total. The van der Waals surface area contributed by atoms with Gasteiger partial charge in [0.1, 0.15) is 5.75 Å². The zero-order valence-corrected chi connectivity index (χ0v) is 17.5. The second-order valence-electron chi connectivity index (χ2n) is 8.57. The molecule has 1 aromatic rings. The number of halogens is 2. The highest BCUT2D eigenvalue weighted by molar-refractivity contribution is 6.74. The van der Waals surface area contributed by atoms with E-state index in [0.29, 0.717) is 18.8 Å². The minimum atomic E-state index is -1.84. The molecule has 0 spiro atoms. The van der Waals surface area contributed by atoms with Crippen molar-refractivity contribution >= 4 is 14.0 Å². The van der Waals surface area contributed by atoms with Crippen LogP contribution in [0.4, 0.5) is 14.5 Å². The Bertz CT molecular complexity index is 616. The number of methoxy groups -OCH3 is 1. The standard InChI is InChI=1S/C19H31F2NO2Si/c1-13-12-22(16-11-14(23-5)10-15(20)18(16)21)9-8-17(13)24-25(6,7)19(2,3)4/h10-11,13,17H,8-9,12H2,1-7H3/t13-,17+/m1/s1. The minimum Gasteiger partial charge on any atom is -0.497 e. The molecule has 0 aliphatic carbocycles. The van der Waals surface area contributed by atoms with Crippen LogP contribution in [0.1, 0.15) is 34.1 Å². The van der Waals surface area contributed by atoms with Gasteiger partial charge < -0.3 is 14.1 Å². The van der Waals surface area contributed by atoms with E-state index in [-0.39, 0.29) is 22.7 Å². The van der Waals surface area contributed by atoms with Gasteiger partial charge in [-0.2, -0.15) is 0 Å². The third-order valence-electron chi connectivity index (χ3n) is 5.64. The Morgan fingerprint density at radius 3 is 2.36 bits per heavy atom. The highest BCUT2D eigenvalue weighted by atomic mass is 28.4. The van der Waals surface area contributed by atoms with E-state index in [1.165, 1.54) is 7.11 Å². The van der Waals surface area contributed by atoms with Crippen LogP contribution in [0.15, 0.2) is 12.1 Å². The molecule has 0 radical (unpaired) electrons. The van der Waals surface area contributed by atoms with Crippen molar-refractivity contribution in [3.63, 3.8) is 0 Å². The van der Waals surface area contributed by atoms with Crippen molar-refractivity contribution in [2.45, 2.75) is 58.4 Å². The summed E-state index contributed by atoms with van der Waals surface area (Å²) in [5.74, 6) is -1.10. The van der Waals surface area contributed by atoms with Crippen LogP contribution in [0.5, 0.6) is 5.75 Å². The Balaban J connectivity index is 2.13. The summed E-state index contributed by atoms with van der Waals surface area (Å²) in [6, 6.07) is 2.65. The largest absolute Gasteiger partial charge is 0.497 e. The van der Waals surface area contributed by atoms with Crippen molar-refractivity contribution in [3.05, 3.63) is 23.8 Å². The molecule has 1 aliphatic rings. The molecular formula is C19H31F2NO2Si. The van der Waals surface area contributed by atoms with Gasteiger partial charge in [0.25, 0.3) is 0 Å². The van der Waals surface area contributed by atoms with Gasteiger partial charge in [-0.25, -0.2) is 8.78 Å². The van der Waals surface area contributed by atoms with Crippen molar-refractivity contribution in [1.82, 2.24) is 0 Å². The molecule has 142 valence electrons. The highest BCUT2D eigenvalue weighted by Crippen LogP contribution is 2.40. The zero-order valence-electron chi connectivity index (χ0n) is 16.5.